The largest absolute Gasteiger partial charge is 0.461 e. The van der Waals surface area contributed by atoms with Crippen LogP contribution in [0, 0.1) is 5.92 Å². The first-order valence-corrected chi connectivity index (χ1v) is 29.5. The molecule has 0 aromatic heterocycles. The number of nitrogens with two attached hydrogens (primary N) is 2. The van der Waals surface area contributed by atoms with E-state index in [9.17, 15) is 38.4 Å². The maximum absolute atomic E-state index is 12.9. The summed E-state index contributed by atoms with van der Waals surface area (Å²) in [5, 5.41) is 19.8. The van der Waals surface area contributed by atoms with Crippen LogP contribution < -0.4 is 38.1 Å². The van der Waals surface area contributed by atoms with E-state index in [-0.39, 0.29) is 116 Å². The average Bonchev–Trinajstić information content (AvgIpc) is 3.53. The summed E-state index contributed by atoms with van der Waals surface area (Å²) < 4.78 is 42.2. The SMILES string of the molecule is CCCCCN.CCCCCNC(=O)CC[C@H](CC(=O)OCc1ccccc1)C(=O)NCC(=O)NCCOCCOCCOCCN=[N+]=[N-].[N-]=[N+]=NCCOCCOCCOCCNC(=O)CCC(=O)[C@H](CCC(N)=O)NC(=O)OCc1ccccc1. The highest BCUT2D eigenvalue weighted by atomic mass is 16.6. The lowest BCUT2D eigenvalue weighted by Gasteiger charge is -2.17. The van der Waals surface area contributed by atoms with E-state index >= 15 is 0 Å². The Bertz CT molecular complexity index is 2240. The number of benzene rings is 2. The number of hydrogen-bond acceptors (Lipinski definition) is 19. The fourth-order valence-electron chi connectivity index (χ4n) is 7.00. The summed E-state index contributed by atoms with van der Waals surface area (Å²) >= 11 is 0. The van der Waals surface area contributed by atoms with Crippen molar-refractivity contribution in [1.82, 2.24) is 26.6 Å². The van der Waals surface area contributed by atoms with Gasteiger partial charge in [0.1, 0.15) is 13.2 Å². The molecule has 0 saturated heterocycles. The van der Waals surface area contributed by atoms with Crippen LogP contribution >= 0.6 is 0 Å². The lowest BCUT2D eigenvalue weighted by atomic mass is 9.98. The van der Waals surface area contributed by atoms with Gasteiger partial charge in [-0.25, -0.2) is 4.79 Å². The van der Waals surface area contributed by atoms with Crippen LogP contribution in [0.5, 0.6) is 0 Å². The van der Waals surface area contributed by atoms with E-state index in [1.807, 2.05) is 36.4 Å². The van der Waals surface area contributed by atoms with Gasteiger partial charge in [-0.15, -0.1) is 0 Å². The number of alkyl carbamates (subject to hydrolysis) is 1. The molecule has 0 aliphatic heterocycles. The minimum Gasteiger partial charge on any atom is -0.461 e. The maximum atomic E-state index is 12.9. The Morgan fingerprint density at radius 2 is 1.00 bits per heavy atom. The van der Waals surface area contributed by atoms with Gasteiger partial charge in [0.2, 0.25) is 29.5 Å². The second-order valence-corrected chi connectivity index (χ2v) is 18.9. The van der Waals surface area contributed by atoms with E-state index < -0.39 is 47.5 Å². The summed E-state index contributed by atoms with van der Waals surface area (Å²) in [5.74, 6) is -3.85. The Kier molecular flexibility index (Phi) is 53.8. The summed E-state index contributed by atoms with van der Waals surface area (Å²) in [6.07, 6.45) is 5.58. The zero-order chi connectivity index (χ0) is 64.1. The summed E-state index contributed by atoms with van der Waals surface area (Å²) in [4.78, 5) is 103. The number of nitrogens with zero attached hydrogens (tertiary/aromatic N) is 6. The zero-order valence-corrected chi connectivity index (χ0v) is 50.8. The number of ether oxygens (including phenoxy) is 8. The van der Waals surface area contributed by atoms with Crippen molar-refractivity contribution in [3.05, 3.63) is 92.7 Å². The first-order valence-electron chi connectivity index (χ1n) is 29.5. The molecule has 0 heterocycles. The summed E-state index contributed by atoms with van der Waals surface area (Å²) in [5.41, 5.74) is 28.3. The number of azide groups is 2. The number of ketones is 1. The second kappa shape index (κ2) is 58.9. The van der Waals surface area contributed by atoms with Crippen LogP contribution in [0.25, 0.3) is 20.9 Å². The third-order valence-electron chi connectivity index (χ3n) is 11.7. The molecule has 6 amide bonds. The predicted octanol–water partition coefficient (Wildman–Crippen LogP) is 4.92. The van der Waals surface area contributed by atoms with Gasteiger partial charge in [0, 0.05) is 74.1 Å². The minimum atomic E-state index is -1.00. The van der Waals surface area contributed by atoms with Crippen molar-refractivity contribution in [3.8, 4) is 0 Å². The molecule has 0 saturated carbocycles. The van der Waals surface area contributed by atoms with Gasteiger partial charge in [-0.05, 0) is 54.4 Å². The topological polar surface area (TPSA) is 420 Å². The van der Waals surface area contributed by atoms with Gasteiger partial charge in [-0.3, -0.25) is 33.6 Å². The first-order chi connectivity index (χ1) is 42.3. The number of carbonyl (C=O) groups is 8. The molecule has 0 aliphatic carbocycles. The number of esters is 1. The fourth-order valence-corrected chi connectivity index (χ4v) is 7.00. The number of amides is 6. The molecule has 9 N–H and O–H groups in total. The summed E-state index contributed by atoms with van der Waals surface area (Å²) in [7, 11) is 0. The predicted molar refractivity (Wildman–Crippen MR) is 323 cm³/mol. The molecular formula is C58H95N13O16. The number of carbonyl (C=O) groups excluding carboxylic acids is 8. The molecule has 29 heteroatoms. The average molecular weight is 1230 g/mol. The zero-order valence-electron chi connectivity index (χ0n) is 50.8. The molecule has 0 aliphatic rings. The van der Waals surface area contributed by atoms with Crippen molar-refractivity contribution in [2.24, 2.45) is 27.6 Å². The van der Waals surface area contributed by atoms with Gasteiger partial charge in [-0.2, -0.15) is 0 Å². The van der Waals surface area contributed by atoms with Gasteiger partial charge >= 0.3 is 12.1 Å². The second-order valence-electron chi connectivity index (χ2n) is 18.9. The maximum Gasteiger partial charge on any atom is 0.408 e. The number of hydrogen-bond donors (Lipinski definition) is 7. The Balaban J connectivity index is 0.00000156. The van der Waals surface area contributed by atoms with Crippen molar-refractivity contribution < 1.29 is 76.3 Å². The van der Waals surface area contributed by atoms with E-state index in [2.05, 4.69) is 60.5 Å². The molecule has 0 unspecified atom stereocenters. The van der Waals surface area contributed by atoms with Gasteiger partial charge in [-0.1, -0.05) is 110 Å². The van der Waals surface area contributed by atoms with Crippen molar-refractivity contribution in [3.63, 3.8) is 0 Å². The Morgan fingerprint density at radius 1 is 0.529 bits per heavy atom. The minimum absolute atomic E-state index is 0.00794. The van der Waals surface area contributed by atoms with Crippen molar-refractivity contribution in [2.45, 2.75) is 117 Å². The summed E-state index contributed by atoms with van der Waals surface area (Å²) in [6, 6.07) is 17.2. The molecule has 2 rings (SSSR count). The lowest BCUT2D eigenvalue weighted by molar-refractivity contribution is -0.148. The highest BCUT2D eigenvalue weighted by Gasteiger charge is 2.25. The van der Waals surface area contributed by atoms with E-state index in [0.717, 1.165) is 36.9 Å². The normalized spacial score (nSPS) is 11.0. The molecule has 0 radical (unpaired) electrons. The van der Waals surface area contributed by atoms with Gasteiger partial charge in [0.05, 0.1) is 98.3 Å². The molecule has 2 atom stereocenters. The van der Waals surface area contributed by atoms with Crippen LogP contribution in [-0.4, -0.2) is 179 Å². The van der Waals surface area contributed by atoms with E-state index in [0.29, 0.717) is 72.6 Å². The quantitative estimate of drug-likeness (QED) is 0.0152. The monoisotopic (exact) mass is 1230 g/mol. The Morgan fingerprint density at radius 3 is 1.49 bits per heavy atom. The van der Waals surface area contributed by atoms with Crippen LogP contribution in [0.15, 0.2) is 70.9 Å². The highest BCUT2D eigenvalue weighted by Crippen LogP contribution is 2.15. The molecule has 488 valence electrons. The van der Waals surface area contributed by atoms with E-state index in [4.69, 9.17) is 60.4 Å². The number of Topliss-reactive ketones (excluding diaryl/α,β-unsaturated/α-hetero) is 1. The van der Waals surface area contributed by atoms with Crippen LogP contribution in [0.4, 0.5) is 4.79 Å². The Labute approximate surface area is 510 Å². The van der Waals surface area contributed by atoms with Gasteiger partial charge in [0.25, 0.3) is 0 Å². The van der Waals surface area contributed by atoms with Gasteiger partial charge in [0.15, 0.2) is 5.78 Å². The highest BCUT2D eigenvalue weighted by molar-refractivity contribution is 5.91. The van der Waals surface area contributed by atoms with E-state index in [1.54, 1.807) is 24.3 Å². The molecule has 2 aromatic carbocycles. The third-order valence-corrected chi connectivity index (χ3v) is 11.7. The molecule has 29 nitrogen and oxygen atoms in total. The van der Waals surface area contributed by atoms with Crippen molar-refractivity contribution in [1.29, 1.82) is 0 Å². The van der Waals surface area contributed by atoms with E-state index in [1.165, 1.54) is 19.3 Å². The Hall–Kier alpha value is -7.46. The van der Waals surface area contributed by atoms with Crippen molar-refractivity contribution in [2.75, 3.05) is 125 Å². The van der Waals surface area contributed by atoms with Crippen LogP contribution in [0.1, 0.15) is 108 Å². The third kappa shape index (κ3) is 52.6. The van der Waals surface area contributed by atoms with Crippen molar-refractivity contribution >= 4 is 47.4 Å². The molecule has 0 fully saturated rings. The number of nitrogens with one attached hydrogen (secondary N) is 5. The lowest BCUT2D eigenvalue weighted by Crippen LogP contribution is -2.42. The van der Waals surface area contributed by atoms with Crippen LogP contribution in [0.3, 0.4) is 0 Å². The smallest absolute Gasteiger partial charge is 0.408 e. The molecule has 87 heavy (non-hydrogen) atoms. The molecular weight excluding hydrogens is 1130 g/mol. The first kappa shape index (κ1) is 79.5. The molecule has 2 aromatic rings. The van der Waals surface area contributed by atoms with Crippen LogP contribution in [0.2, 0.25) is 0 Å². The fraction of sp³-hybridized carbons (Fsp3) is 0.655. The molecule has 0 bridgehead atoms. The number of primary amides is 1. The standard InChI is InChI=1S/C29H46N6O8.C24H36N6O8.C5H13N/c1-2-3-7-12-31-26(36)11-10-25(21-28(38)43-23-24-8-5-4-6-9-24)29(39)33-22-27(37)32-13-15-40-17-19-42-20-18-41-16-14-34-35-30;25-22(32)8-6-20(29-24(34)38-18-19-4-2-1-3-5-19)21(31)7-9-23(33)27-10-12-35-14-16-37-17-15-36-13-11-28-30-26;1-2-3-4-5-6/h4-6,8-9,25H,2-3,7,10-23H2,1H3,(H,31,36)(H,32,37)(H,33,39);1-5,20H,6-18H2,(H2,25,32)(H,27,33)(H,29,34);2-6H2,1H3/t25-;20-;/m10./s1. The number of unbranched alkanes of at least 4 members (excludes halogenated alkanes) is 4. The molecule has 0 spiro atoms. The number of rotatable bonds is 51. The van der Waals surface area contributed by atoms with Gasteiger partial charge < -0.3 is 75.9 Å². The van der Waals surface area contributed by atoms with Crippen LogP contribution in [-0.2, 0) is 84.7 Å². The summed E-state index contributed by atoms with van der Waals surface area (Å²) in [6.45, 7) is 10.6.